The fourth-order valence-corrected chi connectivity index (χ4v) is 3.73. The van der Waals surface area contributed by atoms with E-state index in [1.54, 1.807) is 28.8 Å². The van der Waals surface area contributed by atoms with Crippen molar-refractivity contribution in [2.45, 2.75) is 6.92 Å². The number of aryl methyl sites for hydroxylation is 1. The zero-order valence-corrected chi connectivity index (χ0v) is 17.7. The van der Waals surface area contributed by atoms with Gasteiger partial charge in [0.05, 0.1) is 32.6 Å². The topological polar surface area (TPSA) is 130 Å². The Kier molecular flexibility index (Phi) is 4.72. The number of benzene rings is 3. The maximum absolute atomic E-state index is 11.4. The van der Waals surface area contributed by atoms with Crippen LogP contribution in [0.15, 0.2) is 60.7 Å². The summed E-state index contributed by atoms with van der Waals surface area (Å²) in [4.78, 5) is 35.3. The van der Waals surface area contributed by atoms with E-state index in [4.69, 9.17) is 16.6 Å². The highest BCUT2D eigenvalue weighted by molar-refractivity contribution is 6.31. The summed E-state index contributed by atoms with van der Waals surface area (Å²) in [6.45, 7) is 1.86. The Bertz CT molecular complexity index is 1580. The predicted molar refractivity (Wildman–Crippen MR) is 123 cm³/mol. The molecule has 2 aromatic heterocycles. The molecule has 10 nitrogen and oxygen atoms in total. The normalized spacial score (nSPS) is 11.2. The number of nitrogens with zero attached hydrogens (tertiary/aromatic N) is 6. The molecule has 0 N–H and O–H groups in total. The first-order chi connectivity index (χ1) is 15.8. The van der Waals surface area contributed by atoms with Crippen molar-refractivity contribution in [3.05, 3.63) is 91.5 Å². The third-order valence-corrected chi connectivity index (χ3v) is 5.57. The van der Waals surface area contributed by atoms with Gasteiger partial charge in [-0.05, 0) is 36.8 Å². The molecule has 5 rings (SSSR count). The molecule has 0 atom stereocenters. The van der Waals surface area contributed by atoms with E-state index in [2.05, 4.69) is 9.97 Å². The van der Waals surface area contributed by atoms with Gasteiger partial charge in [-0.15, -0.1) is 0 Å². The molecule has 0 bridgehead atoms. The number of nitro groups is 2. The summed E-state index contributed by atoms with van der Waals surface area (Å²) in [5, 5.41) is 23.4. The highest BCUT2D eigenvalue weighted by atomic mass is 35.5. The fraction of sp³-hybridized carbons (Fsp3) is 0.0455. The molecule has 162 valence electrons. The van der Waals surface area contributed by atoms with Crippen molar-refractivity contribution in [2.24, 2.45) is 0 Å². The van der Waals surface area contributed by atoms with Crippen molar-refractivity contribution in [2.75, 3.05) is 0 Å². The molecule has 11 heteroatoms. The lowest BCUT2D eigenvalue weighted by molar-refractivity contribution is -0.394. The lowest BCUT2D eigenvalue weighted by Crippen LogP contribution is -2.01. The summed E-state index contributed by atoms with van der Waals surface area (Å²) >= 11 is 6.36. The average molecular weight is 461 g/mol. The number of fused-ring (bicyclic) bond motifs is 2. The largest absolute Gasteiger partial charge is 0.277 e. The number of halogens is 1. The molecule has 0 aliphatic heterocycles. The summed E-state index contributed by atoms with van der Waals surface area (Å²) < 4.78 is 1.64. The molecule has 0 saturated carbocycles. The van der Waals surface area contributed by atoms with Crippen LogP contribution in [-0.4, -0.2) is 29.4 Å². The van der Waals surface area contributed by atoms with Crippen LogP contribution in [-0.2, 0) is 0 Å². The maximum atomic E-state index is 11.4. The molecule has 2 heterocycles. The molecule has 0 saturated heterocycles. The Balaban J connectivity index is 1.89. The number of hydrogen-bond acceptors (Lipinski definition) is 7. The zero-order chi connectivity index (χ0) is 23.3. The Morgan fingerprint density at radius 1 is 0.848 bits per heavy atom. The zero-order valence-electron chi connectivity index (χ0n) is 17.0. The molecule has 0 spiro atoms. The van der Waals surface area contributed by atoms with E-state index in [-0.39, 0.29) is 17.0 Å². The fourth-order valence-electron chi connectivity index (χ4n) is 3.55. The minimum Gasteiger partial charge on any atom is -0.275 e. The minimum atomic E-state index is -0.683. The van der Waals surface area contributed by atoms with E-state index in [9.17, 15) is 20.2 Å². The lowest BCUT2D eigenvalue weighted by atomic mass is 10.1. The van der Waals surface area contributed by atoms with Crippen molar-refractivity contribution in [1.29, 1.82) is 0 Å². The first kappa shape index (κ1) is 20.5. The second-order valence-corrected chi connectivity index (χ2v) is 7.72. The summed E-state index contributed by atoms with van der Waals surface area (Å²) in [7, 11) is 0. The van der Waals surface area contributed by atoms with Gasteiger partial charge in [0.15, 0.2) is 11.3 Å². The van der Waals surface area contributed by atoms with Gasteiger partial charge in [-0.3, -0.25) is 24.8 Å². The summed E-state index contributed by atoms with van der Waals surface area (Å²) in [6.07, 6.45) is 0. The van der Waals surface area contributed by atoms with Crippen molar-refractivity contribution >= 4 is 45.3 Å². The van der Waals surface area contributed by atoms with E-state index in [0.717, 1.165) is 11.6 Å². The predicted octanol–water partition coefficient (Wildman–Crippen LogP) is 5.41. The summed E-state index contributed by atoms with van der Waals surface area (Å²) in [5.74, 6) is 0.215. The van der Waals surface area contributed by atoms with E-state index in [0.29, 0.717) is 27.4 Å². The van der Waals surface area contributed by atoms with Crippen LogP contribution < -0.4 is 0 Å². The van der Waals surface area contributed by atoms with Crippen molar-refractivity contribution in [3.8, 4) is 17.1 Å². The Hall–Kier alpha value is -4.44. The number of aromatic nitrogens is 4. The van der Waals surface area contributed by atoms with E-state index < -0.39 is 21.2 Å². The van der Waals surface area contributed by atoms with Gasteiger partial charge in [-0.2, -0.15) is 0 Å². The molecular weight excluding hydrogens is 448 g/mol. The number of nitro benzene ring substituents is 2. The molecule has 0 radical (unpaired) electrons. The van der Waals surface area contributed by atoms with Gasteiger partial charge in [0.2, 0.25) is 0 Å². The van der Waals surface area contributed by atoms with E-state index in [1.165, 1.54) is 12.1 Å². The van der Waals surface area contributed by atoms with Gasteiger partial charge in [-0.25, -0.2) is 15.0 Å². The van der Waals surface area contributed by atoms with Gasteiger partial charge >= 0.3 is 0 Å². The SMILES string of the molecule is Cc1ccc(-n2c(-c3cc([N+](=O)[O-])cc([N+](=O)[O-])c3)nc3nc4ccccc4nc32)cc1Cl. The highest BCUT2D eigenvalue weighted by Crippen LogP contribution is 2.34. The van der Waals surface area contributed by atoms with Crippen molar-refractivity contribution in [1.82, 2.24) is 19.5 Å². The number of non-ortho nitro benzene ring substituents is 2. The average Bonchev–Trinajstić information content (AvgIpc) is 3.17. The van der Waals surface area contributed by atoms with Crippen LogP contribution in [0.5, 0.6) is 0 Å². The Labute approximate surface area is 190 Å². The third kappa shape index (κ3) is 3.52. The Morgan fingerprint density at radius 3 is 2.09 bits per heavy atom. The highest BCUT2D eigenvalue weighted by Gasteiger charge is 2.23. The second kappa shape index (κ2) is 7.61. The number of para-hydroxylation sites is 2. The van der Waals surface area contributed by atoms with Crippen LogP contribution in [0.3, 0.4) is 0 Å². The molecule has 0 amide bonds. The molecular formula is C22H13ClN6O4. The van der Waals surface area contributed by atoms with Crippen LogP contribution >= 0.6 is 11.6 Å². The van der Waals surface area contributed by atoms with Crippen molar-refractivity contribution < 1.29 is 9.85 Å². The first-order valence-corrected chi connectivity index (χ1v) is 10.1. The maximum Gasteiger partial charge on any atom is 0.277 e. The minimum absolute atomic E-state index is 0.177. The molecule has 0 unspecified atom stereocenters. The van der Waals surface area contributed by atoms with E-state index in [1.807, 2.05) is 25.1 Å². The Morgan fingerprint density at radius 2 is 1.48 bits per heavy atom. The summed E-state index contributed by atoms with van der Waals surface area (Å²) in [5.41, 5.74) is 2.69. The quantitative estimate of drug-likeness (QED) is 0.258. The van der Waals surface area contributed by atoms with Gasteiger partial charge in [0, 0.05) is 22.7 Å². The molecule has 5 aromatic rings. The number of hydrogen-bond donors (Lipinski definition) is 0. The van der Waals surface area contributed by atoms with Gasteiger partial charge in [0.1, 0.15) is 5.82 Å². The number of imidazole rings is 1. The van der Waals surface area contributed by atoms with Crippen LogP contribution in [0.25, 0.3) is 39.4 Å². The standard InChI is InChI=1S/C22H13ClN6O4/c1-12-6-7-14(11-17(12)23)27-21(13-8-15(28(30)31)10-16(9-13)29(32)33)26-20-22(27)25-19-5-3-2-4-18(19)24-20/h2-11H,1H3. The lowest BCUT2D eigenvalue weighted by Gasteiger charge is -2.10. The molecule has 3 aromatic carbocycles. The van der Waals surface area contributed by atoms with E-state index >= 15 is 0 Å². The van der Waals surface area contributed by atoms with Crippen LogP contribution in [0.4, 0.5) is 11.4 Å². The van der Waals surface area contributed by atoms with Gasteiger partial charge < -0.3 is 0 Å². The van der Waals surface area contributed by atoms with Crippen molar-refractivity contribution in [3.63, 3.8) is 0 Å². The molecule has 0 aliphatic rings. The third-order valence-electron chi connectivity index (χ3n) is 5.17. The number of rotatable bonds is 4. The molecule has 0 fully saturated rings. The smallest absolute Gasteiger partial charge is 0.275 e. The monoisotopic (exact) mass is 460 g/mol. The van der Waals surface area contributed by atoms with Gasteiger partial charge in [0.25, 0.3) is 11.4 Å². The summed E-state index contributed by atoms with van der Waals surface area (Å²) in [6, 6.07) is 16.0. The van der Waals surface area contributed by atoms with Crippen LogP contribution in [0, 0.1) is 27.2 Å². The molecule has 33 heavy (non-hydrogen) atoms. The van der Waals surface area contributed by atoms with Crippen LogP contribution in [0.1, 0.15) is 5.56 Å². The first-order valence-electron chi connectivity index (χ1n) is 9.68. The second-order valence-electron chi connectivity index (χ2n) is 7.32. The molecule has 0 aliphatic carbocycles. The van der Waals surface area contributed by atoms with Crippen LogP contribution in [0.2, 0.25) is 5.02 Å². The van der Waals surface area contributed by atoms with Gasteiger partial charge in [-0.1, -0.05) is 29.8 Å².